The molecule has 2 aromatic rings. The number of aliphatic carboxylic acids is 1. The second-order valence-corrected chi connectivity index (χ2v) is 6.34. The van der Waals surface area contributed by atoms with Crippen LogP contribution in [0.2, 0.25) is 0 Å². The minimum Gasteiger partial charge on any atom is -0.480 e. The molecule has 0 unspecified atom stereocenters. The predicted octanol–water partition coefficient (Wildman–Crippen LogP) is 1.09. The standard InChI is InChI=1S/C20H20N2O6/c1-21-18(24)17(23)16(19(25)26)22-20(27)28-10-15-13-8-4-2-6-11(13)12-7-3-5-9-14(12)15/h2-9,15-17,23H,10H2,1H3,(H,21,24)(H,22,27)(H,25,26)/t16-,17-/m1/s1. The average Bonchev–Trinajstić information content (AvgIpc) is 3.03. The van der Waals surface area contributed by atoms with Crippen molar-refractivity contribution >= 4 is 18.0 Å². The Hall–Kier alpha value is -3.39. The topological polar surface area (TPSA) is 125 Å². The third kappa shape index (κ3) is 3.67. The molecule has 2 atom stereocenters. The summed E-state index contributed by atoms with van der Waals surface area (Å²) in [7, 11) is 1.25. The molecule has 0 aliphatic heterocycles. The van der Waals surface area contributed by atoms with Crippen LogP contribution >= 0.6 is 0 Å². The first-order chi connectivity index (χ1) is 13.4. The predicted molar refractivity (Wildman–Crippen MR) is 99.7 cm³/mol. The molecule has 0 saturated carbocycles. The summed E-state index contributed by atoms with van der Waals surface area (Å²) in [6.07, 6.45) is -2.97. The summed E-state index contributed by atoms with van der Waals surface area (Å²) >= 11 is 0. The molecule has 1 aliphatic carbocycles. The molecule has 28 heavy (non-hydrogen) atoms. The van der Waals surface area contributed by atoms with Crippen molar-refractivity contribution in [3.63, 3.8) is 0 Å². The normalized spacial score (nSPS) is 14.4. The first kappa shape index (κ1) is 19.4. The molecule has 0 radical (unpaired) electrons. The first-order valence-corrected chi connectivity index (χ1v) is 8.68. The lowest BCUT2D eigenvalue weighted by atomic mass is 9.98. The van der Waals surface area contributed by atoms with Crippen molar-refractivity contribution in [1.82, 2.24) is 10.6 Å². The van der Waals surface area contributed by atoms with E-state index in [1.54, 1.807) is 0 Å². The van der Waals surface area contributed by atoms with Gasteiger partial charge in [-0.2, -0.15) is 0 Å². The van der Waals surface area contributed by atoms with E-state index in [1.165, 1.54) is 7.05 Å². The van der Waals surface area contributed by atoms with E-state index in [9.17, 15) is 19.5 Å². The number of hydrogen-bond acceptors (Lipinski definition) is 5. The molecule has 1 aliphatic rings. The summed E-state index contributed by atoms with van der Waals surface area (Å²) in [5, 5.41) is 23.1. The zero-order chi connectivity index (χ0) is 20.3. The van der Waals surface area contributed by atoms with Gasteiger partial charge >= 0.3 is 12.1 Å². The molecule has 146 valence electrons. The molecule has 0 spiro atoms. The number of carbonyl (C=O) groups is 3. The smallest absolute Gasteiger partial charge is 0.407 e. The van der Waals surface area contributed by atoms with Crippen molar-refractivity contribution in [1.29, 1.82) is 0 Å². The van der Waals surface area contributed by atoms with E-state index in [2.05, 4.69) is 5.32 Å². The Kier molecular flexibility index (Phi) is 5.60. The fraction of sp³-hybridized carbons (Fsp3) is 0.250. The second kappa shape index (κ2) is 8.10. The zero-order valence-electron chi connectivity index (χ0n) is 15.1. The number of ether oxygens (including phenoxy) is 1. The number of nitrogens with one attached hydrogen (secondary N) is 2. The Morgan fingerprint density at radius 3 is 2.07 bits per heavy atom. The molecule has 8 nitrogen and oxygen atoms in total. The summed E-state index contributed by atoms with van der Waals surface area (Å²) in [5.74, 6) is -2.67. The van der Waals surface area contributed by atoms with Gasteiger partial charge in [-0.05, 0) is 22.3 Å². The van der Waals surface area contributed by atoms with Gasteiger partial charge in [-0.25, -0.2) is 9.59 Å². The molecular weight excluding hydrogens is 364 g/mol. The van der Waals surface area contributed by atoms with Gasteiger partial charge in [-0.3, -0.25) is 4.79 Å². The quantitative estimate of drug-likeness (QED) is 0.591. The summed E-state index contributed by atoms with van der Waals surface area (Å²) in [5.41, 5.74) is 4.14. The van der Waals surface area contributed by atoms with E-state index in [0.29, 0.717) is 0 Å². The summed E-state index contributed by atoms with van der Waals surface area (Å²) in [6.45, 7) is -0.0116. The van der Waals surface area contributed by atoms with Crippen molar-refractivity contribution in [2.24, 2.45) is 0 Å². The summed E-state index contributed by atoms with van der Waals surface area (Å²) < 4.78 is 5.23. The van der Waals surface area contributed by atoms with Gasteiger partial charge in [0.05, 0.1) is 0 Å². The van der Waals surface area contributed by atoms with Gasteiger partial charge in [0.25, 0.3) is 5.91 Å². The van der Waals surface area contributed by atoms with E-state index in [-0.39, 0.29) is 12.5 Å². The number of carbonyl (C=O) groups excluding carboxylic acids is 2. The van der Waals surface area contributed by atoms with Crippen LogP contribution in [0.3, 0.4) is 0 Å². The highest BCUT2D eigenvalue weighted by atomic mass is 16.5. The third-order valence-corrected chi connectivity index (χ3v) is 4.71. The van der Waals surface area contributed by atoms with Gasteiger partial charge in [0.15, 0.2) is 12.1 Å². The van der Waals surface area contributed by atoms with Crippen LogP contribution in [0.15, 0.2) is 48.5 Å². The number of fused-ring (bicyclic) bond motifs is 3. The minimum atomic E-state index is -1.94. The summed E-state index contributed by atoms with van der Waals surface area (Å²) in [6, 6.07) is 13.7. The number of benzene rings is 2. The molecule has 2 aromatic carbocycles. The number of carboxylic acids is 1. The van der Waals surface area contributed by atoms with E-state index in [1.807, 2.05) is 53.8 Å². The monoisotopic (exact) mass is 384 g/mol. The van der Waals surface area contributed by atoms with Gasteiger partial charge in [0, 0.05) is 13.0 Å². The van der Waals surface area contributed by atoms with Crippen molar-refractivity contribution in [3.8, 4) is 11.1 Å². The van der Waals surface area contributed by atoms with E-state index < -0.39 is 30.1 Å². The van der Waals surface area contributed by atoms with Crippen LogP contribution in [0.4, 0.5) is 4.79 Å². The Bertz CT molecular complexity index is 868. The van der Waals surface area contributed by atoms with Gasteiger partial charge in [-0.15, -0.1) is 0 Å². The molecule has 2 amide bonds. The molecule has 0 heterocycles. The molecule has 0 fully saturated rings. The van der Waals surface area contributed by atoms with Crippen LogP contribution < -0.4 is 10.6 Å². The van der Waals surface area contributed by atoms with Gasteiger partial charge < -0.3 is 25.6 Å². The lowest BCUT2D eigenvalue weighted by Gasteiger charge is -2.20. The van der Waals surface area contributed by atoms with E-state index in [0.717, 1.165) is 22.3 Å². The molecule has 0 bridgehead atoms. The van der Waals surface area contributed by atoms with E-state index >= 15 is 0 Å². The maximum atomic E-state index is 12.1. The van der Waals surface area contributed by atoms with Crippen molar-refractivity contribution in [2.75, 3.05) is 13.7 Å². The SMILES string of the molecule is CNC(=O)[C@H](O)[C@@H](NC(=O)OCC1c2ccccc2-c2ccccc21)C(=O)O. The molecule has 4 N–H and O–H groups in total. The van der Waals surface area contributed by atoms with Crippen LogP contribution in [0.5, 0.6) is 0 Å². The number of aliphatic hydroxyl groups excluding tert-OH is 1. The average molecular weight is 384 g/mol. The maximum absolute atomic E-state index is 12.1. The number of hydrogen-bond donors (Lipinski definition) is 4. The molecular formula is C20H20N2O6. The van der Waals surface area contributed by atoms with Crippen molar-refractivity contribution in [3.05, 3.63) is 59.7 Å². The number of alkyl carbamates (subject to hydrolysis) is 1. The van der Waals surface area contributed by atoms with E-state index in [4.69, 9.17) is 9.84 Å². The zero-order valence-corrected chi connectivity index (χ0v) is 15.1. The Morgan fingerprint density at radius 1 is 1.04 bits per heavy atom. The molecule has 3 rings (SSSR count). The molecule has 8 heteroatoms. The number of rotatable bonds is 6. The molecule has 0 aromatic heterocycles. The number of aliphatic hydroxyl groups is 1. The molecule has 0 saturated heterocycles. The van der Waals surface area contributed by atoms with Crippen LogP contribution in [0.25, 0.3) is 11.1 Å². The highest BCUT2D eigenvalue weighted by Gasteiger charge is 2.34. The van der Waals surface area contributed by atoms with Crippen LogP contribution in [0, 0.1) is 0 Å². The van der Waals surface area contributed by atoms with Crippen LogP contribution in [-0.2, 0) is 14.3 Å². The number of carboxylic acid groups (broad SMARTS) is 1. The maximum Gasteiger partial charge on any atom is 0.407 e. The summed E-state index contributed by atoms with van der Waals surface area (Å²) in [4.78, 5) is 34.9. The van der Waals surface area contributed by atoms with Gasteiger partial charge in [-0.1, -0.05) is 48.5 Å². The fourth-order valence-corrected chi connectivity index (χ4v) is 3.34. The van der Waals surface area contributed by atoms with Crippen molar-refractivity contribution in [2.45, 2.75) is 18.1 Å². The minimum absolute atomic E-state index is 0.0116. The number of likely N-dealkylation sites (N-methyl/N-ethyl adjacent to an activating group) is 1. The van der Waals surface area contributed by atoms with Crippen molar-refractivity contribution < 1.29 is 29.3 Å². The lowest BCUT2D eigenvalue weighted by Crippen LogP contribution is -2.54. The van der Waals surface area contributed by atoms with Crippen LogP contribution in [0.1, 0.15) is 17.0 Å². The number of amides is 2. The highest BCUT2D eigenvalue weighted by molar-refractivity contribution is 5.90. The second-order valence-electron chi connectivity index (χ2n) is 6.34. The Balaban J connectivity index is 1.71. The Labute approximate surface area is 161 Å². The third-order valence-electron chi connectivity index (χ3n) is 4.71. The van der Waals surface area contributed by atoms with Gasteiger partial charge in [0.2, 0.25) is 0 Å². The van der Waals surface area contributed by atoms with Crippen LogP contribution in [-0.4, -0.2) is 54.0 Å². The Morgan fingerprint density at radius 2 is 1.57 bits per heavy atom. The first-order valence-electron chi connectivity index (χ1n) is 8.68. The largest absolute Gasteiger partial charge is 0.480 e. The fourth-order valence-electron chi connectivity index (χ4n) is 3.34. The lowest BCUT2D eigenvalue weighted by molar-refractivity contribution is -0.147. The van der Waals surface area contributed by atoms with Gasteiger partial charge in [0.1, 0.15) is 6.61 Å². The highest BCUT2D eigenvalue weighted by Crippen LogP contribution is 2.44.